The van der Waals surface area contributed by atoms with Crippen molar-refractivity contribution in [3.63, 3.8) is 0 Å². The van der Waals surface area contributed by atoms with Gasteiger partial charge in [0.1, 0.15) is 5.75 Å². The first-order valence-corrected chi connectivity index (χ1v) is 30.4. The first-order chi connectivity index (χ1) is 41.4. The molecule has 0 atom stereocenters. The van der Waals surface area contributed by atoms with E-state index in [0.29, 0.717) is 0 Å². The summed E-state index contributed by atoms with van der Waals surface area (Å²) in [7, 11) is 1.73. The third kappa shape index (κ3) is 6.96. The lowest BCUT2D eigenvalue weighted by molar-refractivity contribution is 0.415. The van der Waals surface area contributed by atoms with E-state index < -0.39 is 0 Å². The number of ether oxygens (including phenoxy) is 1. The van der Waals surface area contributed by atoms with Crippen LogP contribution < -0.4 is 4.74 Å². The summed E-state index contributed by atoms with van der Waals surface area (Å²) in [5.41, 5.74) is 23.7. The van der Waals surface area contributed by atoms with Crippen LogP contribution in [0.5, 0.6) is 5.75 Å². The smallest absolute Gasteiger partial charge is 0.118 e. The van der Waals surface area contributed by atoms with Crippen molar-refractivity contribution in [2.75, 3.05) is 7.11 Å². The van der Waals surface area contributed by atoms with Crippen molar-refractivity contribution in [1.29, 1.82) is 0 Å². The van der Waals surface area contributed by atoms with Crippen LogP contribution in [0.3, 0.4) is 0 Å². The molecule has 0 fully saturated rings. The molecule has 2 aliphatic rings. The number of fused-ring (bicyclic) bond motifs is 12. The van der Waals surface area contributed by atoms with Crippen LogP contribution >= 0.6 is 0 Å². The van der Waals surface area contributed by atoms with Crippen LogP contribution in [-0.2, 0) is 10.8 Å². The molecule has 402 valence electrons. The molecule has 14 aromatic rings. The fourth-order valence-corrected chi connectivity index (χ4v) is 16.4. The van der Waals surface area contributed by atoms with Gasteiger partial charge in [-0.1, -0.05) is 246 Å². The standard InChI is InChI=1S/C83H64O/c1-6-82(7-2)72-37-23-22-24-56(72)57-45-40-52(48-73(57)82)78-64-29-14-18-33-68(64)80(69-34-19-15-30-65(69)78)81-70-35-20-16-31-66(70)79(67-32-17-21-36-71(67)81)54-42-47-59-58-46-41-53(49-74(58)83(8-3,9-4)75(59)50-54)77-62-27-12-10-25-60(62)76(61-26-11-13-28-63(61)77)51-38-43-55(84-5)44-39-51/h10-50H,6-9H2,1-5H3. The summed E-state index contributed by atoms with van der Waals surface area (Å²) in [5, 5.41) is 15.2. The normalized spacial score (nSPS) is 13.7. The molecule has 0 aliphatic heterocycles. The van der Waals surface area contributed by atoms with E-state index in [1.54, 1.807) is 7.11 Å². The van der Waals surface area contributed by atoms with Crippen molar-refractivity contribution < 1.29 is 4.74 Å². The van der Waals surface area contributed by atoms with Gasteiger partial charge in [0, 0.05) is 10.8 Å². The zero-order chi connectivity index (χ0) is 56.4. The molecule has 0 bridgehead atoms. The summed E-state index contributed by atoms with van der Waals surface area (Å²) in [5.74, 6) is 0.860. The summed E-state index contributed by atoms with van der Waals surface area (Å²) in [4.78, 5) is 0. The van der Waals surface area contributed by atoms with Crippen LogP contribution in [0.2, 0.25) is 0 Å². The molecule has 1 nitrogen and oxygen atoms in total. The summed E-state index contributed by atoms with van der Waals surface area (Å²) < 4.78 is 5.59. The average molecular weight is 1080 g/mol. The van der Waals surface area contributed by atoms with Gasteiger partial charge >= 0.3 is 0 Å². The molecule has 0 spiro atoms. The molecule has 0 unspecified atom stereocenters. The third-order valence-corrected chi connectivity index (χ3v) is 20.3. The van der Waals surface area contributed by atoms with Crippen LogP contribution in [0.1, 0.15) is 75.6 Å². The monoisotopic (exact) mass is 1080 g/mol. The van der Waals surface area contributed by atoms with Gasteiger partial charge in [0.2, 0.25) is 0 Å². The number of rotatable bonds is 10. The van der Waals surface area contributed by atoms with Crippen molar-refractivity contribution in [3.05, 3.63) is 271 Å². The highest BCUT2D eigenvalue weighted by Crippen LogP contribution is 2.58. The Kier molecular flexibility index (Phi) is 11.5. The van der Waals surface area contributed by atoms with Gasteiger partial charge in [0.05, 0.1) is 7.11 Å². The van der Waals surface area contributed by atoms with Crippen molar-refractivity contribution in [2.45, 2.75) is 64.2 Å². The van der Waals surface area contributed by atoms with E-state index in [2.05, 4.69) is 276 Å². The average Bonchev–Trinajstić information content (AvgIpc) is 1.49. The summed E-state index contributed by atoms with van der Waals surface area (Å²) >= 11 is 0. The molecule has 84 heavy (non-hydrogen) atoms. The van der Waals surface area contributed by atoms with Gasteiger partial charge in [-0.25, -0.2) is 0 Å². The van der Waals surface area contributed by atoms with Crippen molar-refractivity contribution in [2.24, 2.45) is 0 Å². The fourth-order valence-electron chi connectivity index (χ4n) is 16.4. The van der Waals surface area contributed by atoms with Crippen LogP contribution in [0.25, 0.3) is 143 Å². The molecule has 16 rings (SSSR count). The van der Waals surface area contributed by atoms with E-state index in [0.717, 1.165) is 31.4 Å². The zero-order valence-electron chi connectivity index (χ0n) is 48.4. The van der Waals surface area contributed by atoms with Crippen molar-refractivity contribution in [3.8, 4) is 83.6 Å². The van der Waals surface area contributed by atoms with E-state index in [-0.39, 0.29) is 10.8 Å². The van der Waals surface area contributed by atoms with E-state index >= 15 is 0 Å². The highest BCUT2D eigenvalue weighted by molar-refractivity contribution is 6.30. The van der Waals surface area contributed by atoms with Gasteiger partial charge in [-0.05, 0) is 221 Å². The van der Waals surface area contributed by atoms with E-state index in [1.165, 1.54) is 165 Å². The molecule has 0 amide bonds. The highest BCUT2D eigenvalue weighted by Gasteiger charge is 2.42. The minimum absolute atomic E-state index is 0.0212. The second kappa shape index (κ2) is 19.3. The van der Waals surface area contributed by atoms with Gasteiger partial charge in [-0.15, -0.1) is 0 Å². The summed E-state index contributed by atoms with van der Waals surface area (Å²) in [6, 6.07) is 94.9. The molecular formula is C83H64O. The maximum absolute atomic E-state index is 5.59. The maximum Gasteiger partial charge on any atom is 0.118 e. The molecule has 0 radical (unpaired) electrons. The SMILES string of the molecule is CCC1(CC)c2ccccc2-c2ccc(-c3c4ccccc4c(-c4c5ccccc5c(-c5ccc6c(c5)C(CC)(CC)c5cc(-c7c8ccccc8c(-c8ccc(OC)cc8)c8ccccc78)ccc5-6)c5ccccc45)c4ccccc34)cc21. The fraction of sp³-hybridized carbons (Fsp3) is 0.133. The Morgan fingerprint density at radius 1 is 0.238 bits per heavy atom. The summed E-state index contributed by atoms with van der Waals surface area (Å²) in [6.45, 7) is 9.56. The Hall–Kier alpha value is -9.56. The van der Waals surface area contributed by atoms with E-state index in [9.17, 15) is 0 Å². The van der Waals surface area contributed by atoms with Crippen molar-refractivity contribution >= 4 is 64.6 Å². The lowest BCUT2D eigenvalue weighted by Crippen LogP contribution is -2.23. The quantitative estimate of drug-likeness (QED) is 0.124. The van der Waals surface area contributed by atoms with Crippen molar-refractivity contribution in [1.82, 2.24) is 0 Å². The van der Waals surface area contributed by atoms with E-state index in [4.69, 9.17) is 4.74 Å². The molecule has 2 aliphatic carbocycles. The summed E-state index contributed by atoms with van der Waals surface area (Å²) in [6.07, 6.45) is 4.10. The molecule has 0 aromatic heterocycles. The predicted molar refractivity (Wildman–Crippen MR) is 359 cm³/mol. The first kappa shape index (κ1) is 50.2. The van der Waals surface area contributed by atoms with Crippen LogP contribution in [0.15, 0.2) is 249 Å². The Balaban J connectivity index is 0.873. The molecule has 14 aromatic carbocycles. The van der Waals surface area contributed by atoms with Crippen LogP contribution in [0, 0.1) is 0 Å². The minimum atomic E-state index is -0.187. The van der Waals surface area contributed by atoms with Gasteiger partial charge < -0.3 is 4.74 Å². The predicted octanol–water partition coefficient (Wildman–Crippen LogP) is 23.1. The van der Waals surface area contributed by atoms with Gasteiger partial charge in [0.15, 0.2) is 0 Å². The van der Waals surface area contributed by atoms with Gasteiger partial charge in [-0.2, -0.15) is 0 Å². The minimum Gasteiger partial charge on any atom is -0.497 e. The Morgan fingerprint density at radius 3 is 0.774 bits per heavy atom. The Morgan fingerprint density at radius 2 is 0.476 bits per heavy atom. The number of hydrogen-bond donors (Lipinski definition) is 0. The molecule has 0 heterocycles. The number of hydrogen-bond acceptors (Lipinski definition) is 1. The largest absolute Gasteiger partial charge is 0.497 e. The molecular weight excluding hydrogens is 1010 g/mol. The topological polar surface area (TPSA) is 9.23 Å². The molecule has 1 heteroatoms. The molecule has 0 saturated carbocycles. The second-order valence-corrected chi connectivity index (χ2v) is 23.7. The van der Waals surface area contributed by atoms with E-state index in [1.807, 2.05) is 0 Å². The Labute approximate surface area is 492 Å². The van der Waals surface area contributed by atoms with Gasteiger partial charge in [0.25, 0.3) is 0 Å². The number of methoxy groups -OCH3 is 1. The lowest BCUT2D eigenvalue weighted by Gasteiger charge is -2.30. The first-order valence-electron chi connectivity index (χ1n) is 30.4. The zero-order valence-corrected chi connectivity index (χ0v) is 48.4. The van der Waals surface area contributed by atoms with Crippen LogP contribution in [0.4, 0.5) is 0 Å². The maximum atomic E-state index is 5.59. The molecule has 0 saturated heterocycles. The highest BCUT2D eigenvalue weighted by atomic mass is 16.5. The number of benzene rings is 14. The second-order valence-electron chi connectivity index (χ2n) is 23.7. The van der Waals surface area contributed by atoms with Crippen LogP contribution in [-0.4, -0.2) is 7.11 Å². The molecule has 0 N–H and O–H groups in total. The third-order valence-electron chi connectivity index (χ3n) is 20.3. The van der Waals surface area contributed by atoms with Gasteiger partial charge in [-0.3, -0.25) is 0 Å². The Bertz CT molecular complexity index is 4870. The lowest BCUT2D eigenvalue weighted by atomic mass is 9.72.